The number of amidine groups is 1. The van der Waals surface area contributed by atoms with Crippen LogP contribution in [0.1, 0.15) is 19.0 Å². The Bertz CT molecular complexity index is 1720. The van der Waals surface area contributed by atoms with E-state index in [0.717, 1.165) is 5.39 Å². The number of hydrogen-bond acceptors (Lipinski definition) is 13. The van der Waals surface area contributed by atoms with Crippen molar-refractivity contribution >= 4 is 48.0 Å². The number of carbonyl (C=O) groups is 1. The van der Waals surface area contributed by atoms with Crippen LogP contribution in [0.15, 0.2) is 78.3 Å². The summed E-state index contributed by atoms with van der Waals surface area (Å²) < 4.78 is 32.7. The van der Waals surface area contributed by atoms with E-state index in [0.29, 0.717) is 23.5 Å². The number of benzene rings is 2. The lowest BCUT2D eigenvalue weighted by Gasteiger charge is -2.28. The van der Waals surface area contributed by atoms with Crippen LogP contribution in [0.5, 0.6) is 5.75 Å². The molecule has 2 aliphatic rings. The van der Waals surface area contributed by atoms with E-state index < -0.39 is 42.0 Å². The monoisotopic (exact) mass is 657 g/mol. The molecule has 0 radical (unpaired) electrons. The molecule has 17 heteroatoms. The van der Waals surface area contributed by atoms with Crippen LogP contribution in [0.3, 0.4) is 0 Å². The second-order valence-electron chi connectivity index (χ2n) is 10.3. The highest BCUT2D eigenvalue weighted by atomic mass is 32.2. The summed E-state index contributed by atoms with van der Waals surface area (Å²) in [4.78, 5) is 33.0. The number of carbonyl (C=O) groups excluding carboxylic acids is 1. The van der Waals surface area contributed by atoms with Gasteiger partial charge in [0.25, 0.3) is 0 Å². The third kappa shape index (κ3) is 7.37. The van der Waals surface area contributed by atoms with Crippen LogP contribution in [-0.2, 0) is 32.3 Å². The van der Waals surface area contributed by atoms with Crippen LogP contribution >= 0.6 is 19.5 Å². The summed E-state index contributed by atoms with van der Waals surface area (Å²) in [5.41, 5.74) is 6.04. The van der Waals surface area contributed by atoms with Gasteiger partial charge in [-0.05, 0) is 29.4 Å². The summed E-state index contributed by atoms with van der Waals surface area (Å²) in [5.74, 6) is -0.197. The molecule has 3 aromatic rings. The number of imidazole rings is 1. The molecule has 0 amide bonds. The summed E-state index contributed by atoms with van der Waals surface area (Å²) in [7, 11) is -2.86. The molecule has 0 bridgehead atoms. The molecule has 0 saturated carbocycles. The van der Waals surface area contributed by atoms with Gasteiger partial charge in [-0.15, -0.1) is 11.8 Å². The van der Waals surface area contributed by atoms with E-state index in [1.165, 1.54) is 36.5 Å². The highest BCUT2D eigenvalue weighted by Gasteiger charge is 2.41. The summed E-state index contributed by atoms with van der Waals surface area (Å²) in [6, 6.07) is 11.4. The van der Waals surface area contributed by atoms with Crippen molar-refractivity contribution in [3.63, 3.8) is 0 Å². The lowest BCUT2D eigenvalue weighted by molar-refractivity contribution is -0.396. The van der Waals surface area contributed by atoms with E-state index in [1.54, 1.807) is 35.4 Å². The van der Waals surface area contributed by atoms with Crippen molar-refractivity contribution in [3.8, 4) is 5.75 Å². The molecule has 2 aliphatic heterocycles. The highest BCUT2D eigenvalue weighted by molar-refractivity contribution is 8.00. The Morgan fingerprint density at radius 1 is 1.33 bits per heavy atom. The van der Waals surface area contributed by atoms with Crippen molar-refractivity contribution in [3.05, 3.63) is 89.1 Å². The second kappa shape index (κ2) is 13.4. The highest BCUT2D eigenvalue weighted by Crippen LogP contribution is 2.48. The van der Waals surface area contributed by atoms with Gasteiger partial charge in [0.15, 0.2) is 5.69 Å². The normalized spacial score (nSPS) is 21.8. The van der Waals surface area contributed by atoms with E-state index in [-0.39, 0.29) is 30.0 Å². The van der Waals surface area contributed by atoms with Crippen LogP contribution in [0.25, 0.3) is 10.8 Å². The third-order valence-corrected chi connectivity index (χ3v) is 10.3. The van der Waals surface area contributed by atoms with Crippen LogP contribution in [0, 0.1) is 10.1 Å². The number of hydrogen-bond donors (Lipinski definition) is 3. The first-order chi connectivity index (χ1) is 21.4. The molecule has 45 heavy (non-hydrogen) atoms. The van der Waals surface area contributed by atoms with Gasteiger partial charge >= 0.3 is 19.7 Å². The number of nitrogens with one attached hydrogen (secondary N) is 1. The summed E-state index contributed by atoms with van der Waals surface area (Å²) in [5, 5.41) is 25.4. The third-order valence-electron chi connectivity index (χ3n) is 7.14. The molecule has 0 aliphatic carbocycles. The van der Waals surface area contributed by atoms with Crippen molar-refractivity contribution < 1.29 is 33.2 Å². The molecule has 1 unspecified atom stereocenters. The first kappa shape index (κ1) is 32.2. The van der Waals surface area contributed by atoms with E-state index in [9.17, 15) is 24.6 Å². The van der Waals surface area contributed by atoms with Gasteiger partial charge in [0.05, 0.1) is 30.4 Å². The van der Waals surface area contributed by atoms with Gasteiger partial charge in [0, 0.05) is 18.0 Å². The van der Waals surface area contributed by atoms with Crippen molar-refractivity contribution in [2.75, 3.05) is 6.61 Å². The number of ether oxygens (including phenoxy) is 1. The minimum Gasteiger partial charge on any atom is -0.456 e. The zero-order valence-electron chi connectivity index (χ0n) is 24.4. The zero-order valence-corrected chi connectivity index (χ0v) is 26.1. The minimum absolute atomic E-state index is 0.187. The van der Waals surface area contributed by atoms with Crippen LogP contribution in [0.2, 0.25) is 0 Å². The lowest BCUT2D eigenvalue weighted by Crippen LogP contribution is -2.36. The molecule has 1 aromatic heterocycles. The number of aliphatic hydroxyl groups excluding tert-OH is 1. The van der Waals surface area contributed by atoms with Crippen LogP contribution in [0.4, 0.5) is 5.95 Å². The SMILES string of the molecule is C=C1N=C(N)C=CN1[C@H]1C[C@@H](O)[C@@H](COP(=O)(N[C@@H](C)C(=O)OCc2cnc([N+](=O)[O-])n2C)Oc2cccc3ccccc23)S1. The number of fused-ring (bicyclic) bond motifs is 1. The van der Waals surface area contributed by atoms with E-state index in [2.05, 4.69) is 21.6 Å². The number of aromatic nitrogens is 2. The number of esters is 1. The Labute approximate surface area is 262 Å². The first-order valence-electron chi connectivity index (χ1n) is 13.8. The largest absolute Gasteiger partial charge is 0.459 e. The number of nitrogens with zero attached hydrogens (tertiary/aromatic N) is 5. The van der Waals surface area contributed by atoms with Crippen LogP contribution < -0.4 is 15.3 Å². The summed E-state index contributed by atoms with van der Waals surface area (Å²) >= 11 is 1.39. The summed E-state index contributed by atoms with van der Waals surface area (Å²) in [6.45, 7) is 4.85. The number of aliphatic hydroxyl groups is 1. The molecule has 4 N–H and O–H groups in total. The number of nitrogens with two attached hydrogens (primary N) is 1. The molecule has 15 nitrogen and oxygen atoms in total. The molecule has 5 atom stereocenters. The van der Waals surface area contributed by atoms with Gasteiger partial charge in [0.2, 0.25) is 0 Å². The van der Waals surface area contributed by atoms with Crippen molar-refractivity contribution in [1.29, 1.82) is 0 Å². The van der Waals surface area contributed by atoms with Crippen molar-refractivity contribution in [2.24, 2.45) is 17.8 Å². The maximum Gasteiger partial charge on any atom is 0.459 e. The number of rotatable bonds is 12. The molecule has 2 aromatic carbocycles. The summed E-state index contributed by atoms with van der Waals surface area (Å²) in [6.07, 6.45) is 4.15. The Morgan fingerprint density at radius 2 is 2.09 bits per heavy atom. The molecule has 1 fully saturated rings. The molecule has 1 saturated heterocycles. The lowest BCUT2D eigenvalue weighted by atomic mass is 10.1. The average Bonchev–Trinajstić information content (AvgIpc) is 3.56. The topological polar surface area (TPSA) is 197 Å². The number of nitro groups is 1. The van der Waals surface area contributed by atoms with E-state index in [1.807, 2.05) is 24.3 Å². The standard InChI is InChI=1S/C28H32N7O8PS/c1-17(27(37)41-15-20-14-30-28(33(20)3)35(38)39)32-44(40,43-23-10-6-8-19-7-4-5-9-21(19)23)42-16-24-22(36)13-26(45-24)34-12-11-25(29)31-18(34)2/h4-12,14,17,22,24,26,36H,2,13,15-16H2,1,3H3,(H2,29,31)(H,32,40)/t17-,22+,24+,26+,44?/m0/s1. The molecule has 3 heterocycles. The molecule has 5 rings (SSSR count). The minimum atomic E-state index is -4.29. The van der Waals surface area contributed by atoms with Gasteiger partial charge in [-0.2, -0.15) is 5.09 Å². The Morgan fingerprint density at radius 3 is 2.82 bits per heavy atom. The predicted molar refractivity (Wildman–Crippen MR) is 168 cm³/mol. The van der Waals surface area contributed by atoms with E-state index >= 15 is 0 Å². The van der Waals surface area contributed by atoms with Gasteiger partial charge in [0.1, 0.15) is 36.3 Å². The number of thioether (sulfide) groups is 1. The molecule has 238 valence electrons. The maximum atomic E-state index is 14.3. The van der Waals surface area contributed by atoms with Gasteiger partial charge in [-0.25, -0.2) is 14.1 Å². The van der Waals surface area contributed by atoms with E-state index in [4.69, 9.17) is 19.5 Å². The fourth-order valence-corrected chi connectivity index (χ4v) is 7.86. The fraction of sp³-hybridized carbons (Fsp3) is 0.321. The second-order valence-corrected chi connectivity index (χ2v) is 13.4. The Balaban J connectivity index is 1.30. The molecule has 0 spiro atoms. The molecular weight excluding hydrogens is 625 g/mol. The maximum absolute atomic E-state index is 14.3. The van der Waals surface area contributed by atoms with Gasteiger partial charge < -0.3 is 35.1 Å². The average molecular weight is 658 g/mol. The Hall–Kier alpha value is -4.21. The van der Waals surface area contributed by atoms with Gasteiger partial charge in [-0.1, -0.05) is 48.0 Å². The van der Waals surface area contributed by atoms with Crippen molar-refractivity contribution in [1.82, 2.24) is 19.5 Å². The quantitative estimate of drug-likeness (QED) is 0.111. The predicted octanol–water partition coefficient (Wildman–Crippen LogP) is 3.56. The van der Waals surface area contributed by atoms with Gasteiger partial charge in [-0.3, -0.25) is 9.32 Å². The number of aliphatic imine (C=N–C) groups is 1. The van der Waals surface area contributed by atoms with Crippen LogP contribution in [-0.4, -0.2) is 65.7 Å². The zero-order chi connectivity index (χ0) is 32.3. The Kier molecular flexibility index (Phi) is 9.60. The smallest absolute Gasteiger partial charge is 0.456 e. The fourth-order valence-electron chi connectivity index (χ4n) is 4.75. The first-order valence-corrected chi connectivity index (χ1v) is 16.3. The molecular formula is C28H32N7O8PS. The van der Waals surface area contributed by atoms with Crippen molar-refractivity contribution in [2.45, 2.75) is 42.7 Å².